The highest BCUT2D eigenvalue weighted by atomic mass is 16.4. The second kappa shape index (κ2) is 5.84. The fraction of sp³-hybridized carbons (Fsp3) is 0.864. The van der Waals surface area contributed by atoms with Gasteiger partial charge in [-0.15, -0.1) is 0 Å². The predicted molar refractivity (Wildman–Crippen MR) is 95.4 cm³/mol. The standard InChI is InChI=1S/C22H34O3/c1-13(20(24)25)17-6-7-18-16-5-4-14-12-15(23)8-10-21(14,2)19(16)9-11-22(17,18)3/h4,13,15-19,23H,5-12H2,1-3H3,(H,24,25)/p-1/t13-,15+,16-,17-,18+,19-,21-,22+/m0/s1. The van der Waals surface area contributed by atoms with Gasteiger partial charge in [-0.3, -0.25) is 0 Å². The van der Waals surface area contributed by atoms with Crippen LogP contribution >= 0.6 is 0 Å². The van der Waals surface area contributed by atoms with Crippen molar-refractivity contribution in [2.75, 3.05) is 0 Å². The van der Waals surface area contributed by atoms with Crippen molar-refractivity contribution in [3.63, 3.8) is 0 Å². The molecular formula is C22H33O3-. The van der Waals surface area contributed by atoms with Crippen LogP contribution < -0.4 is 5.11 Å². The molecular weight excluding hydrogens is 312 g/mol. The Hall–Kier alpha value is -0.830. The lowest BCUT2D eigenvalue weighted by Gasteiger charge is -2.58. The number of fused-ring (bicyclic) bond motifs is 5. The van der Waals surface area contributed by atoms with E-state index in [2.05, 4.69) is 19.9 Å². The van der Waals surface area contributed by atoms with Crippen molar-refractivity contribution in [1.29, 1.82) is 0 Å². The normalized spacial score (nSPS) is 50.2. The molecule has 0 aliphatic heterocycles. The number of aliphatic hydroxyl groups is 1. The minimum absolute atomic E-state index is 0.149. The van der Waals surface area contributed by atoms with Gasteiger partial charge in [0.2, 0.25) is 0 Å². The molecule has 0 aromatic heterocycles. The van der Waals surface area contributed by atoms with Crippen LogP contribution in [0.3, 0.4) is 0 Å². The molecule has 0 aromatic carbocycles. The van der Waals surface area contributed by atoms with Crippen LogP contribution in [0.4, 0.5) is 0 Å². The van der Waals surface area contributed by atoms with E-state index < -0.39 is 5.97 Å². The fourth-order valence-corrected chi connectivity index (χ4v) is 7.67. The van der Waals surface area contributed by atoms with E-state index in [0.29, 0.717) is 11.8 Å². The molecule has 8 atom stereocenters. The summed E-state index contributed by atoms with van der Waals surface area (Å²) in [7, 11) is 0. The van der Waals surface area contributed by atoms with Gasteiger partial charge in [0.15, 0.2) is 0 Å². The number of carboxylic acids is 1. The fourth-order valence-electron chi connectivity index (χ4n) is 7.67. The number of aliphatic carboxylic acids is 1. The highest BCUT2D eigenvalue weighted by molar-refractivity contribution is 5.67. The Labute approximate surface area is 151 Å². The van der Waals surface area contributed by atoms with Gasteiger partial charge in [0.05, 0.1) is 6.10 Å². The van der Waals surface area contributed by atoms with Gasteiger partial charge in [0, 0.05) is 5.97 Å². The van der Waals surface area contributed by atoms with E-state index in [0.717, 1.165) is 44.4 Å². The maximum absolute atomic E-state index is 11.5. The van der Waals surface area contributed by atoms with Gasteiger partial charge in [0.1, 0.15) is 0 Å². The summed E-state index contributed by atoms with van der Waals surface area (Å²) in [6.45, 7) is 6.68. The Kier molecular flexibility index (Phi) is 4.10. The van der Waals surface area contributed by atoms with Gasteiger partial charge >= 0.3 is 0 Å². The lowest BCUT2D eigenvalue weighted by molar-refractivity contribution is -0.314. The van der Waals surface area contributed by atoms with E-state index in [4.69, 9.17) is 0 Å². The molecule has 3 fully saturated rings. The zero-order valence-corrected chi connectivity index (χ0v) is 16.0. The van der Waals surface area contributed by atoms with Crippen molar-refractivity contribution in [1.82, 2.24) is 0 Å². The Morgan fingerprint density at radius 3 is 2.68 bits per heavy atom. The maximum atomic E-state index is 11.5. The van der Waals surface area contributed by atoms with Gasteiger partial charge < -0.3 is 15.0 Å². The third-order valence-electron chi connectivity index (χ3n) is 9.13. The minimum Gasteiger partial charge on any atom is -0.550 e. The van der Waals surface area contributed by atoms with Crippen LogP contribution in [-0.4, -0.2) is 17.2 Å². The average Bonchev–Trinajstić information content (AvgIpc) is 2.92. The topological polar surface area (TPSA) is 60.4 Å². The van der Waals surface area contributed by atoms with Gasteiger partial charge in [0.25, 0.3) is 0 Å². The second-order valence-electron chi connectivity index (χ2n) is 9.99. The number of rotatable bonds is 2. The van der Waals surface area contributed by atoms with Crippen molar-refractivity contribution >= 4 is 5.97 Å². The molecule has 0 heterocycles. The zero-order chi connectivity index (χ0) is 18.0. The highest BCUT2D eigenvalue weighted by Gasteiger charge is 2.59. The molecule has 4 aliphatic carbocycles. The van der Waals surface area contributed by atoms with E-state index in [1.165, 1.54) is 18.4 Å². The summed E-state index contributed by atoms with van der Waals surface area (Å²) in [4.78, 5) is 11.5. The number of carboxylic acid groups (broad SMARTS) is 1. The van der Waals surface area contributed by atoms with Crippen molar-refractivity contribution in [2.45, 2.75) is 78.2 Å². The monoisotopic (exact) mass is 345 g/mol. The van der Waals surface area contributed by atoms with Gasteiger partial charge in [-0.2, -0.15) is 0 Å². The van der Waals surface area contributed by atoms with Crippen LogP contribution in [0.15, 0.2) is 11.6 Å². The number of hydrogen-bond acceptors (Lipinski definition) is 3. The van der Waals surface area contributed by atoms with Crippen LogP contribution in [0.1, 0.15) is 72.1 Å². The van der Waals surface area contributed by atoms with E-state index in [1.807, 2.05) is 6.92 Å². The van der Waals surface area contributed by atoms with E-state index in [1.54, 1.807) is 0 Å². The molecule has 0 aromatic rings. The number of aliphatic hydroxyl groups excluding tert-OH is 1. The molecule has 140 valence electrons. The molecule has 0 radical (unpaired) electrons. The largest absolute Gasteiger partial charge is 0.550 e. The number of carbonyl (C=O) groups is 1. The highest BCUT2D eigenvalue weighted by Crippen LogP contribution is 2.67. The van der Waals surface area contributed by atoms with Gasteiger partial charge in [-0.05, 0) is 91.8 Å². The van der Waals surface area contributed by atoms with Crippen LogP contribution in [-0.2, 0) is 4.79 Å². The SMILES string of the molecule is C[C@H](C(=O)[O-])[C@@H]1CC[C@@H]2[C@@H]3CC=C4C[C@H](O)CC[C@]4(C)[C@H]3CC[C@@]21C. The molecule has 4 aliphatic rings. The van der Waals surface area contributed by atoms with E-state index in [-0.39, 0.29) is 28.8 Å². The first kappa shape index (κ1) is 17.6. The summed E-state index contributed by atoms with van der Waals surface area (Å²) in [5.41, 5.74) is 1.94. The van der Waals surface area contributed by atoms with E-state index in [9.17, 15) is 15.0 Å². The first-order valence-electron chi connectivity index (χ1n) is 10.4. The Balaban J connectivity index is 1.63. The van der Waals surface area contributed by atoms with Crippen molar-refractivity contribution in [3.05, 3.63) is 11.6 Å². The molecule has 0 amide bonds. The lowest BCUT2D eigenvalue weighted by atomic mass is 9.47. The molecule has 0 spiro atoms. The summed E-state index contributed by atoms with van der Waals surface area (Å²) in [5.74, 6) is 1.14. The molecule has 1 N–H and O–H groups in total. The molecule has 3 heteroatoms. The summed E-state index contributed by atoms with van der Waals surface area (Å²) in [6, 6.07) is 0. The van der Waals surface area contributed by atoms with Crippen molar-refractivity contribution < 1.29 is 15.0 Å². The van der Waals surface area contributed by atoms with Gasteiger partial charge in [-0.1, -0.05) is 32.4 Å². The molecule has 0 unspecified atom stereocenters. The number of allylic oxidation sites excluding steroid dienone is 1. The molecule has 0 bridgehead atoms. The lowest BCUT2D eigenvalue weighted by Crippen LogP contribution is -2.51. The number of hydrogen-bond donors (Lipinski definition) is 1. The second-order valence-corrected chi connectivity index (χ2v) is 9.99. The van der Waals surface area contributed by atoms with Crippen LogP contribution in [0.5, 0.6) is 0 Å². The van der Waals surface area contributed by atoms with Gasteiger partial charge in [-0.25, -0.2) is 0 Å². The molecule has 3 saturated carbocycles. The van der Waals surface area contributed by atoms with Crippen LogP contribution in [0.2, 0.25) is 0 Å². The average molecular weight is 346 g/mol. The van der Waals surface area contributed by atoms with E-state index >= 15 is 0 Å². The number of carbonyl (C=O) groups excluding carboxylic acids is 1. The summed E-state index contributed by atoms with van der Waals surface area (Å²) in [5, 5.41) is 21.6. The molecule has 4 rings (SSSR count). The summed E-state index contributed by atoms with van der Waals surface area (Å²) < 4.78 is 0. The van der Waals surface area contributed by atoms with Crippen LogP contribution in [0.25, 0.3) is 0 Å². The smallest absolute Gasteiger partial charge is 0.0577 e. The predicted octanol–water partition coefficient (Wildman–Crippen LogP) is 3.31. The summed E-state index contributed by atoms with van der Waals surface area (Å²) in [6.07, 6.45) is 11.0. The quantitative estimate of drug-likeness (QED) is 0.781. The minimum atomic E-state index is -0.868. The third kappa shape index (κ3) is 2.44. The first-order valence-corrected chi connectivity index (χ1v) is 10.4. The molecule has 25 heavy (non-hydrogen) atoms. The molecule has 0 saturated heterocycles. The Morgan fingerprint density at radius 1 is 1.20 bits per heavy atom. The third-order valence-corrected chi connectivity index (χ3v) is 9.13. The maximum Gasteiger partial charge on any atom is 0.0577 e. The molecule has 3 nitrogen and oxygen atoms in total. The zero-order valence-electron chi connectivity index (χ0n) is 16.0. The Morgan fingerprint density at radius 2 is 1.96 bits per heavy atom. The summed E-state index contributed by atoms with van der Waals surface area (Å²) >= 11 is 0. The van der Waals surface area contributed by atoms with Crippen molar-refractivity contribution in [3.8, 4) is 0 Å². The first-order chi connectivity index (χ1) is 11.8. The Bertz CT molecular complexity index is 596. The van der Waals surface area contributed by atoms with Crippen LogP contribution in [0, 0.1) is 40.4 Å². The van der Waals surface area contributed by atoms with Crippen molar-refractivity contribution in [2.24, 2.45) is 40.4 Å².